The summed E-state index contributed by atoms with van der Waals surface area (Å²) in [5.41, 5.74) is 1.31. The molecule has 4 heteroatoms. The minimum atomic E-state index is -0.617. The van der Waals surface area contributed by atoms with E-state index in [1.165, 1.54) is 39.2 Å². The summed E-state index contributed by atoms with van der Waals surface area (Å²) >= 11 is 0. The number of ketones is 1. The van der Waals surface area contributed by atoms with E-state index in [-0.39, 0.29) is 23.1 Å². The summed E-state index contributed by atoms with van der Waals surface area (Å²) in [6.07, 6.45) is 13.2. The number of carbonyl (C=O) groups is 2. The largest absolute Gasteiger partial charge is 0.468 e. The molecule has 0 saturated heterocycles. The van der Waals surface area contributed by atoms with Crippen molar-refractivity contribution in [1.82, 2.24) is 0 Å². The molecule has 0 amide bonds. The van der Waals surface area contributed by atoms with Crippen LogP contribution in [0.1, 0.15) is 98.8 Å². The zero-order valence-electron chi connectivity index (χ0n) is 22.4. The molecule has 0 aliphatic heterocycles. The van der Waals surface area contributed by atoms with E-state index in [4.69, 9.17) is 4.74 Å². The Hall–Kier alpha value is -1.16. The van der Waals surface area contributed by atoms with Gasteiger partial charge in [-0.3, -0.25) is 9.59 Å². The standard InChI is InChI=1S/C30H48O4/c1-7-30(33)15-14-29(5)20(17-30)8-9-24-23-11-10-21(22(23)12-13-26(24)29)19(4)16-25(28(32)34-6)27(31)18(2)3/h8,18-19,21-26,33H,7,9-17H2,1-6H3/t19-,21-,22-,23-,24+,25?,26+,29+,30+/m1/s1. The van der Waals surface area contributed by atoms with E-state index >= 15 is 0 Å². The lowest BCUT2D eigenvalue weighted by atomic mass is 9.49. The van der Waals surface area contributed by atoms with Gasteiger partial charge in [0.25, 0.3) is 0 Å². The van der Waals surface area contributed by atoms with Crippen molar-refractivity contribution in [3.05, 3.63) is 11.6 Å². The molecule has 0 radical (unpaired) electrons. The summed E-state index contributed by atoms with van der Waals surface area (Å²) < 4.78 is 5.02. The average molecular weight is 473 g/mol. The molecule has 4 rings (SSSR count). The number of aliphatic hydroxyl groups is 1. The number of carbonyl (C=O) groups excluding carboxylic acids is 2. The average Bonchev–Trinajstić information content (AvgIpc) is 3.26. The number of hydrogen-bond donors (Lipinski definition) is 1. The van der Waals surface area contributed by atoms with E-state index in [1.807, 2.05) is 13.8 Å². The fourth-order valence-electron chi connectivity index (χ4n) is 8.84. The highest BCUT2D eigenvalue weighted by molar-refractivity contribution is 5.99. The Morgan fingerprint density at radius 1 is 1.09 bits per heavy atom. The van der Waals surface area contributed by atoms with Gasteiger partial charge in [0.05, 0.1) is 12.7 Å². The van der Waals surface area contributed by atoms with Crippen LogP contribution in [0.25, 0.3) is 0 Å². The van der Waals surface area contributed by atoms with E-state index in [0.29, 0.717) is 18.3 Å². The zero-order chi connectivity index (χ0) is 24.8. The summed E-state index contributed by atoms with van der Waals surface area (Å²) in [5.74, 6) is 2.86. The van der Waals surface area contributed by atoms with Crippen molar-refractivity contribution in [3.8, 4) is 0 Å². The maximum atomic E-state index is 12.8. The summed E-state index contributed by atoms with van der Waals surface area (Å²) in [6, 6.07) is 0. The second kappa shape index (κ2) is 9.71. The minimum absolute atomic E-state index is 0.0270. The van der Waals surface area contributed by atoms with Gasteiger partial charge in [-0.15, -0.1) is 0 Å². The number of ether oxygens (including phenoxy) is 1. The molecule has 1 unspecified atom stereocenters. The highest BCUT2D eigenvalue weighted by Crippen LogP contribution is 2.64. The molecule has 4 aliphatic rings. The smallest absolute Gasteiger partial charge is 0.316 e. The third kappa shape index (κ3) is 4.42. The molecule has 9 atom stereocenters. The number of rotatable bonds is 7. The van der Waals surface area contributed by atoms with Crippen LogP contribution in [-0.4, -0.2) is 29.6 Å². The molecular formula is C30H48O4. The van der Waals surface area contributed by atoms with Gasteiger partial charge in [0.15, 0.2) is 0 Å². The van der Waals surface area contributed by atoms with Crippen LogP contribution in [0, 0.1) is 52.8 Å². The first-order chi connectivity index (χ1) is 16.0. The van der Waals surface area contributed by atoms with Crippen LogP contribution in [0.15, 0.2) is 11.6 Å². The highest BCUT2D eigenvalue weighted by atomic mass is 16.5. The molecule has 4 nitrogen and oxygen atoms in total. The van der Waals surface area contributed by atoms with Gasteiger partial charge in [-0.1, -0.05) is 46.3 Å². The van der Waals surface area contributed by atoms with Crippen LogP contribution in [0.3, 0.4) is 0 Å². The van der Waals surface area contributed by atoms with E-state index < -0.39 is 11.5 Å². The monoisotopic (exact) mass is 472 g/mol. The Labute approximate surface area is 207 Å². The fraction of sp³-hybridized carbons (Fsp3) is 0.867. The van der Waals surface area contributed by atoms with Gasteiger partial charge in [-0.2, -0.15) is 0 Å². The molecule has 3 saturated carbocycles. The molecule has 1 N–H and O–H groups in total. The van der Waals surface area contributed by atoms with Crippen molar-refractivity contribution < 1.29 is 19.4 Å². The van der Waals surface area contributed by atoms with E-state index in [2.05, 4.69) is 26.8 Å². The van der Waals surface area contributed by atoms with Crippen LogP contribution < -0.4 is 0 Å². The topological polar surface area (TPSA) is 63.6 Å². The Morgan fingerprint density at radius 2 is 1.79 bits per heavy atom. The number of methoxy groups -OCH3 is 1. The lowest BCUT2D eigenvalue weighted by molar-refractivity contribution is -0.151. The quantitative estimate of drug-likeness (QED) is 0.266. The number of allylic oxidation sites excluding steroid dienone is 1. The first kappa shape index (κ1) is 25.9. The first-order valence-corrected chi connectivity index (χ1v) is 14.1. The normalized spacial score (nSPS) is 41.1. The SMILES string of the molecule is CC[C@]1(O)CC[C@@]2(C)C(=CC[C@H]3[C@@H]4CC[C@H]([C@H](C)CC(C(=O)OC)C(=O)C(C)C)[C@H]4CC[C@@H]32)C1. The van der Waals surface area contributed by atoms with Gasteiger partial charge in [0.2, 0.25) is 0 Å². The second-order valence-electron chi connectivity index (χ2n) is 12.9. The molecule has 0 bridgehead atoms. The van der Waals surface area contributed by atoms with Crippen molar-refractivity contribution in [2.24, 2.45) is 52.8 Å². The van der Waals surface area contributed by atoms with Crippen LogP contribution in [0.5, 0.6) is 0 Å². The molecule has 0 spiro atoms. The summed E-state index contributed by atoms with van der Waals surface area (Å²) in [4.78, 5) is 25.2. The van der Waals surface area contributed by atoms with Crippen LogP contribution in [0.4, 0.5) is 0 Å². The van der Waals surface area contributed by atoms with Gasteiger partial charge in [0.1, 0.15) is 11.7 Å². The van der Waals surface area contributed by atoms with Crippen molar-refractivity contribution >= 4 is 11.8 Å². The molecule has 192 valence electrons. The summed E-state index contributed by atoms with van der Waals surface area (Å²) in [5, 5.41) is 11.0. The molecular weight excluding hydrogens is 424 g/mol. The van der Waals surface area contributed by atoms with E-state index in [9.17, 15) is 14.7 Å². The predicted octanol–water partition coefficient (Wildman–Crippen LogP) is 6.36. The van der Waals surface area contributed by atoms with Gasteiger partial charge in [-0.05, 0) is 105 Å². The molecule has 0 aromatic rings. The Morgan fingerprint density at radius 3 is 2.44 bits per heavy atom. The maximum Gasteiger partial charge on any atom is 0.316 e. The van der Waals surface area contributed by atoms with Gasteiger partial charge in [0, 0.05) is 5.92 Å². The van der Waals surface area contributed by atoms with Gasteiger partial charge >= 0.3 is 5.97 Å². The molecule has 4 aliphatic carbocycles. The molecule has 0 aromatic carbocycles. The third-order valence-corrected chi connectivity index (χ3v) is 11.0. The Balaban J connectivity index is 1.48. The predicted molar refractivity (Wildman–Crippen MR) is 135 cm³/mol. The van der Waals surface area contributed by atoms with Gasteiger partial charge in [-0.25, -0.2) is 0 Å². The molecule has 3 fully saturated rings. The van der Waals surface area contributed by atoms with Gasteiger partial charge < -0.3 is 9.84 Å². The Bertz CT molecular complexity index is 815. The third-order valence-electron chi connectivity index (χ3n) is 11.0. The lowest BCUT2D eigenvalue weighted by Crippen LogP contribution is -2.50. The van der Waals surface area contributed by atoms with Crippen molar-refractivity contribution in [1.29, 1.82) is 0 Å². The maximum absolute atomic E-state index is 12.8. The molecule has 0 heterocycles. The van der Waals surface area contributed by atoms with E-state index in [1.54, 1.807) is 5.57 Å². The molecule has 0 aromatic heterocycles. The van der Waals surface area contributed by atoms with Crippen LogP contribution >= 0.6 is 0 Å². The molecule has 34 heavy (non-hydrogen) atoms. The van der Waals surface area contributed by atoms with Crippen molar-refractivity contribution in [2.45, 2.75) is 104 Å². The summed E-state index contributed by atoms with van der Waals surface area (Å²) in [6.45, 7) is 10.7. The fourth-order valence-corrected chi connectivity index (χ4v) is 8.84. The van der Waals surface area contributed by atoms with Crippen LogP contribution in [0.2, 0.25) is 0 Å². The first-order valence-electron chi connectivity index (χ1n) is 14.1. The number of Topliss-reactive ketones (excluding diaryl/α,β-unsaturated/α-hetero) is 1. The zero-order valence-corrected chi connectivity index (χ0v) is 22.4. The van der Waals surface area contributed by atoms with E-state index in [0.717, 1.165) is 49.4 Å². The highest BCUT2D eigenvalue weighted by Gasteiger charge is 2.56. The van der Waals surface area contributed by atoms with Crippen molar-refractivity contribution in [2.75, 3.05) is 7.11 Å². The minimum Gasteiger partial charge on any atom is -0.468 e. The lowest BCUT2D eigenvalue weighted by Gasteiger charge is -2.57. The van der Waals surface area contributed by atoms with Crippen molar-refractivity contribution in [3.63, 3.8) is 0 Å². The summed E-state index contributed by atoms with van der Waals surface area (Å²) in [7, 11) is 1.40. The number of esters is 1. The number of hydrogen-bond acceptors (Lipinski definition) is 4. The number of fused-ring (bicyclic) bond motifs is 5. The van der Waals surface area contributed by atoms with Crippen LogP contribution in [-0.2, 0) is 14.3 Å². The Kier molecular flexibility index (Phi) is 7.40. The second-order valence-corrected chi connectivity index (χ2v) is 12.9.